The topological polar surface area (TPSA) is 77.3 Å². The largest absolute Gasteiger partial charge is 0.491 e. The minimum absolute atomic E-state index is 0.0796. The van der Waals surface area contributed by atoms with Gasteiger partial charge in [0.2, 0.25) is 0 Å². The zero-order valence-corrected chi connectivity index (χ0v) is 14.2. The highest BCUT2D eigenvalue weighted by molar-refractivity contribution is 7.22. The van der Waals surface area contributed by atoms with Crippen molar-refractivity contribution in [1.82, 2.24) is 4.98 Å². The summed E-state index contributed by atoms with van der Waals surface area (Å²) in [5.74, 6) is 0.886. The summed E-state index contributed by atoms with van der Waals surface area (Å²) in [7, 11) is 0. The van der Waals surface area contributed by atoms with Crippen molar-refractivity contribution in [3.05, 3.63) is 57.6 Å². The van der Waals surface area contributed by atoms with Crippen LogP contribution < -0.4 is 10.1 Å². The Morgan fingerprint density at radius 2 is 2.08 bits per heavy atom. The van der Waals surface area contributed by atoms with Crippen molar-refractivity contribution in [1.29, 1.82) is 0 Å². The first-order chi connectivity index (χ1) is 11.5. The van der Waals surface area contributed by atoms with Crippen LogP contribution in [0.4, 0.5) is 10.8 Å². The smallest absolute Gasteiger partial charge is 0.270 e. The summed E-state index contributed by atoms with van der Waals surface area (Å²) < 4.78 is 6.58. The number of anilines is 1. The van der Waals surface area contributed by atoms with Crippen molar-refractivity contribution in [2.24, 2.45) is 0 Å². The Morgan fingerprint density at radius 1 is 1.25 bits per heavy atom. The van der Waals surface area contributed by atoms with E-state index in [4.69, 9.17) is 4.74 Å². The number of nitrogens with zero attached hydrogens (tertiary/aromatic N) is 2. The highest BCUT2D eigenvalue weighted by Gasteiger charge is 2.10. The standard InChI is InChI=1S/C17H17N3O3S/c1-11-3-4-12(2)15(9-11)23-8-7-18-17-19-14-6-5-13(20(21)22)10-16(14)24-17/h3-6,9-10H,7-8H2,1-2H3,(H,18,19). The van der Waals surface area contributed by atoms with Crippen molar-refractivity contribution >= 4 is 32.4 Å². The summed E-state index contributed by atoms with van der Waals surface area (Å²) in [5.41, 5.74) is 3.10. The average Bonchev–Trinajstić information content (AvgIpc) is 2.96. The van der Waals surface area contributed by atoms with Gasteiger partial charge in [-0.05, 0) is 37.1 Å². The van der Waals surface area contributed by atoms with E-state index in [1.165, 1.54) is 17.4 Å². The number of nitrogens with one attached hydrogen (secondary N) is 1. The van der Waals surface area contributed by atoms with E-state index in [9.17, 15) is 10.1 Å². The molecule has 3 aromatic rings. The second kappa shape index (κ2) is 6.84. The van der Waals surface area contributed by atoms with Crippen molar-refractivity contribution in [2.75, 3.05) is 18.5 Å². The summed E-state index contributed by atoms with van der Waals surface area (Å²) in [6, 6.07) is 10.8. The summed E-state index contributed by atoms with van der Waals surface area (Å²) in [6.07, 6.45) is 0. The van der Waals surface area contributed by atoms with Crippen LogP contribution in [0.2, 0.25) is 0 Å². The zero-order chi connectivity index (χ0) is 17.1. The molecule has 0 radical (unpaired) electrons. The lowest BCUT2D eigenvalue weighted by atomic mass is 10.1. The monoisotopic (exact) mass is 343 g/mol. The fourth-order valence-corrected chi connectivity index (χ4v) is 3.21. The molecule has 24 heavy (non-hydrogen) atoms. The van der Waals surface area contributed by atoms with Gasteiger partial charge in [0.05, 0.1) is 21.7 Å². The number of nitro benzene ring substituents is 1. The number of nitro groups is 1. The van der Waals surface area contributed by atoms with Crippen LogP contribution in [0.5, 0.6) is 5.75 Å². The molecule has 0 atom stereocenters. The molecule has 0 amide bonds. The number of ether oxygens (including phenoxy) is 1. The molecule has 0 bridgehead atoms. The number of thiazole rings is 1. The van der Waals surface area contributed by atoms with Crippen LogP contribution in [0.25, 0.3) is 10.2 Å². The maximum absolute atomic E-state index is 10.8. The van der Waals surface area contributed by atoms with Crippen molar-refractivity contribution in [3.63, 3.8) is 0 Å². The Morgan fingerprint density at radius 3 is 2.88 bits per heavy atom. The molecule has 1 heterocycles. The molecular formula is C17H17N3O3S. The van der Waals surface area contributed by atoms with Gasteiger partial charge in [-0.2, -0.15) is 0 Å². The van der Waals surface area contributed by atoms with Crippen LogP contribution in [0.1, 0.15) is 11.1 Å². The van der Waals surface area contributed by atoms with E-state index in [-0.39, 0.29) is 5.69 Å². The van der Waals surface area contributed by atoms with Gasteiger partial charge in [0.15, 0.2) is 5.13 Å². The third kappa shape index (κ3) is 3.62. The number of benzene rings is 2. The normalized spacial score (nSPS) is 10.8. The van der Waals surface area contributed by atoms with Crippen LogP contribution >= 0.6 is 11.3 Å². The molecule has 0 fully saturated rings. The first-order valence-electron chi connectivity index (χ1n) is 7.52. The van der Waals surface area contributed by atoms with E-state index < -0.39 is 4.92 Å². The van der Waals surface area contributed by atoms with Gasteiger partial charge in [-0.1, -0.05) is 23.5 Å². The van der Waals surface area contributed by atoms with Crippen LogP contribution in [0, 0.1) is 24.0 Å². The first-order valence-corrected chi connectivity index (χ1v) is 8.33. The van der Waals surface area contributed by atoms with Crippen LogP contribution in [0.15, 0.2) is 36.4 Å². The Hall–Kier alpha value is -2.67. The molecule has 0 aliphatic rings. The highest BCUT2D eigenvalue weighted by Crippen LogP contribution is 2.29. The molecule has 7 heteroatoms. The first kappa shape index (κ1) is 16.2. The minimum atomic E-state index is -0.399. The lowest BCUT2D eigenvalue weighted by molar-refractivity contribution is -0.384. The van der Waals surface area contributed by atoms with Gasteiger partial charge in [-0.15, -0.1) is 0 Å². The number of non-ortho nitro benzene ring substituents is 1. The number of aromatic nitrogens is 1. The van der Waals surface area contributed by atoms with Gasteiger partial charge in [0, 0.05) is 12.1 Å². The molecule has 6 nitrogen and oxygen atoms in total. The molecular weight excluding hydrogens is 326 g/mol. The lowest BCUT2D eigenvalue weighted by Gasteiger charge is -2.10. The lowest BCUT2D eigenvalue weighted by Crippen LogP contribution is -2.11. The van der Waals surface area contributed by atoms with Crippen LogP contribution in [-0.4, -0.2) is 23.1 Å². The van der Waals surface area contributed by atoms with Gasteiger partial charge >= 0.3 is 0 Å². The van der Waals surface area contributed by atoms with Crippen molar-refractivity contribution in [2.45, 2.75) is 13.8 Å². The van der Waals surface area contributed by atoms with E-state index in [0.29, 0.717) is 13.2 Å². The molecule has 3 rings (SSSR count). The molecule has 2 aromatic carbocycles. The number of fused-ring (bicyclic) bond motifs is 1. The Kier molecular flexibility index (Phi) is 4.61. The maximum atomic E-state index is 10.8. The van der Waals surface area contributed by atoms with E-state index in [1.807, 2.05) is 26.0 Å². The molecule has 1 N–H and O–H groups in total. The Balaban J connectivity index is 1.59. The summed E-state index contributed by atoms with van der Waals surface area (Å²) >= 11 is 1.40. The van der Waals surface area contributed by atoms with E-state index in [2.05, 4.69) is 16.4 Å². The van der Waals surface area contributed by atoms with Crippen molar-refractivity contribution in [3.8, 4) is 5.75 Å². The number of hydrogen-bond donors (Lipinski definition) is 1. The van der Waals surface area contributed by atoms with Gasteiger partial charge < -0.3 is 10.1 Å². The van der Waals surface area contributed by atoms with Gasteiger partial charge in [-0.3, -0.25) is 10.1 Å². The minimum Gasteiger partial charge on any atom is -0.491 e. The fraction of sp³-hybridized carbons (Fsp3) is 0.235. The van der Waals surface area contributed by atoms with Crippen LogP contribution in [0.3, 0.4) is 0 Å². The van der Waals surface area contributed by atoms with Gasteiger partial charge in [0.25, 0.3) is 5.69 Å². The number of aryl methyl sites for hydroxylation is 2. The average molecular weight is 343 g/mol. The van der Waals surface area contributed by atoms with Gasteiger partial charge in [0.1, 0.15) is 12.4 Å². The summed E-state index contributed by atoms with van der Waals surface area (Å²) in [4.78, 5) is 14.8. The van der Waals surface area contributed by atoms with Crippen molar-refractivity contribution < 1.29 is 9.66 Å². The molecule has 0 aliphatic heterocycles. The maximum Gasteiger partial charge on any atom is 0.270 e. The number of rotatable bonds is 6. The van der Waals surface area contributed by atoms with E-state index in [1.54, 1.807) is 12.1 Å². The molecule has 0 saturated carbocycles. The summed E-state index contributed by atoms with van der Waals surface area (Å²) in [6.45, 7) is 5.17. The Bertz CT molecular complexity index is 892. The molecule has 0 aliphatic carbocycles. The van der Waals surface area contributed by atoms with Gasteiger partial charge in [-0.25, -0.2) is 4.98 Å². The highest BCUT2D eigenvalue weighted by atomic mass is 32.1. The van der Waals surface area contributed by atoms with Crippen LogP contribution in [-0.2, 0) is 0 Å². The second-order valence-corrected chi connectivity index (χ2v) is 6.50. The van der Waals surface area contributed by atoms with E-state index in [0.717, 1.165) is 32.2 Å². The second-order valence-electron chi connectivity index (χ2n) is 5.47. The Labute approximate surface area is 143 Å². The SMILES string of the molecule is Cc1ccc(C)c(OCCNc2nc3ccc([N+](=O)[O-])cc3s2)c1. The number of hydrogen-bond acceptors (Lipinski definition) is 6. The molecule has 0 unspecified atom stereocenters. The zero-order valence-electron chi connectivity index (χ0n) is 13.4. The quantitative estimate of drug-likeness (QED) is 0.410. The summed E-state index contributed by atoms with van der Waals surface area (Å²) in [5, 5.41) is 14.7. The third-order valence-electron chi connectivity index (χ3n) is 3.56. The molecule has 1 aromatic heterocycles. The molecule has 0 spiro atoms. The molecule has 124 valence electrons. The third-order valence-corrected chi connectivity index (χ3v) is 4.54. The predicted octanol–water partition coefficient (Wildman–Crippen LogP) is 4.31. The fourth-order valence-electron chi connectivity index (χ4n) is 2.28. The molecule has 0 saturated heterocycles. The predicted molar refractivity (Wildman–Crippen MR) is 96.2 cm³/mol. The van der Waals surface area contributed by atoms with E-state index >= 15 is 0 Å².